The van der Waals surface area contributed by atoms with Crippen LogP contribution in [0.1, 0.15) is 23.3 Å². The van der Waals surface area contributed by atoms with Gasteiger partial charge in [-0.15, -0.1) is 5.10 Å². The third-order valence-corrected chi connectivity index (χ3v) is 5.21. The van der Waals surface area contributed by atoms with Crippen LogP contribution in [0.25, 0.3) is 0 Å². The van der Waals surface area contributed by atoms with Crippen molar-refractivity contribution in [3.8, 4) is 0 Å². The average molecular weight is 309 g/mol. The summed E-state index contributed by atoms with van der Waals surface area (Å²) in [5.41, 5.74) is -0.0409. The van der Waals surface area contributed by atoms with Crippen LogP contribution in [-0.4, -0.2) is 81.9 Å². The molecule has 0 atom stereocenters. The van der Waals surface area contributed by atoms with Gasteiger partial charge in [0.05, 0.1) is 0 Å². The second-order valence-electron chi connectivity index (χ2n) is 5.76. The van der Waals surface area contributed by atoms with Crippen LogP contribution >= 0.6 is 11.5 Å². The lowest BCUT2D eigenvalue weighted by atomic mass is 9.83. The van der Waals surface area contributed by atoms with E-state index in [1.807, 2.05) is 19.0 Å². The molecule has 1 spiro atoms. The van der Waals surface area contributed by atoms with E-state index in [2.05, 4.69) is 14.5 Å². The molecule has 21 heavy (non-hydrogen) atoms. The molecular formula is C13H19N5O2S. The van der Waals surface area contributed by atoms with E-state index in [9.17, 15) is 9.59 Å². The van der Waals surface area contributed by atoms with Crippen molar-refractivity contribution in [3.05, 3.63) is 11.1 Å². The van der Waals surface area contributed by atoms with E-state index < -0.39 is 5.54 Å². The van der Waals surface area contributed by atoms with Crippen molar-refractivity contribution >= 4 is 23.3 Å². The second-order valence-corrected chi connectivity index (χ2v) is 6.37. The number of rotatable bonds is 1. The lowest BCUT2D eigenvalue weighted by molar-refractivity contribution is -0.151. The largest absolute Gasteiger partial charge is 0.343 e. The van der Waals surface area contributed by atoms with Gasteiger partial charge in [-0.05, 0) is 31.4 Å². The van der Waals surface area contributed by atoms with Crippen LogP contribution in [0.2, 0.25) is 0 Å². The van der Waals surface area contributed by atoms with Gasteiger partial charge in [-0.3, -0.25) is 14.5 Å². The SMILES string of the molecule is CN1CCN(C)C2(CCN(C(=O)c3csnn3)CC2)C1=O. The van der Waals surface area contributed by atoms with E-state index in [0.717, 1.165) is 13.1 Å². The Kier molecular flexibility index (Phi) is 3.66. The third kappa shape index (κ3) is 2.32. The molecule has 1 aromatic rings. The number of carbonyl (C=O) groups excluding carboxylic acids is 2. The summed E-state index contributed by atoms with van der Waals surface area (Å²) in [6.07, 6.45) is 1.35. The van der Waals surface area contributed by atoms with Gasteiger partial charge in [-0.2, -0.15) is 0 Å². The summed E-state index contributed by atoms with van der Waals surface area (Å²) < 4.78 is 3.73. The fourth-order valence-corrected chi connectivity index (χ4v) is 3.66. The second kappa shape index (κ2) is 5.34. The number of amides is 2. The van der Waals surface area contributed by atoms with Gasteiger partial charge in [0.2, 0.25) is 5.91 Å². The summed E-state index contributed by atoms with van der Waals surface area (Å²) in [5.74, 6) is 0.0940. The number of likely N-dealkylation sites (tertiary alicyclic amines) is 1. The topological polar surface area (TPSA) is 69.6 Å². The minimum absolute atomic E-state index is 0.0853. The molecule has 3 heterocycles. The van der Waals surface area contributed by atoms with Crippen molar-refractivity contribution in [1.29, 1.82) is 0 Å². The number of hydrogen-bond donors (Lipinski definition) is 0. The number of piperazine rings is 1. The summed E-state index contributed by atoms with van der Waals surface area (Å²) >= 11 is 1.18. The molecule has 2 aliphatic heterocycles. The van der Waals surface area contributed by atoms with Gasteiger partial charge in [0.1, 0.15) is 5.54 Å². The number of piperidine rings is 1. The first-order valence-electron chi connectivity index (χ1n) is 7.08. The van der Waals surface area contributed by atoms with E-state index in [4.69, 9.17) is 0 Å². The molecule has 3 rings (SSSR count). The van der Waals surface area contributed by atoms with Gasteiger partial charge in [0.25, 0.3) is 5.91 Å². The van der Waals surface area contributed by atoms with Gasteiger partial charge in [-0.1, -0.05) is 4.49 Å². The molecule has 2 fully saturated rings. The molecule has 2 amide bonds. The predicted octanol–water partition coefficient (Wildman–Crippen LogP) is -0.0833. The Morgan fingerprint density at radius 2 is 1.95 bits per heavy atom. The molecule has 8 heteroatoms. The summed E-state index contributed by atoms with van der Waals surface area (Å²) in [6.45, 7) is 2.82. The molecule has 1 aromatic heterocycles. The van der Waals surface area contributed by atoms with Gasteiger partial charge < -0.3 is 9.80 Å². The summed E-state index contributed by atoms with van der Waals surface area (Å²) in [7, 11) is 3.86. The van der Waals surface area contributed by atoms with Crippen molar-refractivity contribution < 1.29 is 9.59 Å². The first kappa shape index (κ1) is 14.4. The normalized spacial score (nSPS) is 22.9. The minimum atomic E-state index is -0.440. The zero-order chi connectivity index (χ0) is 15.0. The van der Waals surface area contributed by atoms with Crippen molar-refractivity contribution in [2.45, 2.75) is 18.4 Å². The Bertz CT molecular complexity index is 539. The van der Waals surface area contributed by atoms with Gasteiger partial charge in [0.15, 0.2) is 5.69 Å². The van der Waals surface area contributed by atoms with Crippen LogP contribution in [0.3, 0.4) is 0 Å². The highest BCUT2D eigenvalue weighted by molar-refractivity contribution is 7.03. The van der Waals surface area contributed by atoms with Crippen LogP contribution in [0.5, 0.6) is 0 Å². The Morgan fingerprint density at radius 1 is 1.24 bits per heavy atom. The lowest BCUT2D eigenvalue weighted by Crippen LogP contribution is -2.67. The first-order valence-corrected chi connectivity index (χ1v) is 7.91. The van der Waals surface area contributed by atoms with E-state index >= 15 is 0 Å². The van der Waals surface area contributed by atoms with E-state index in [1.165, 1.54) is 11.5 Å². The van der Waals surface area contributed by atoms with Crippen LogP contribution in [0.15, 0.2) is 5.38 Å². The number of likely N-dealkylation sites (N-methyl/N-ethyl adjacent to an activating group) is 2. The van der Waals surface area contributed by atoms with Crippen molar-refractivity contribution in [1.82, 2.24) is 24.3 Å². The van der Waals surface area contributed by atoms with Crippen LogP contribution in [0, 0.1) is 0 Å². The molecule has 114 valence electrons. The van der Waals surface area contributed by atoms with Crippen LogP contribution < -0.4 is 0 Å². The smallest absolute Gasteiger partial charge is 0.275 e. The van der Waals surface area contributed by atoms with Crippen LogP contribution in [-0.2, 0) is 4.79 Å². The fraction of sp³-hybridized carbons (Fsp3) is 0.692. The number of aromatic nitrogens is 2. The van der Waals surface area contributed by atoms with Gasteiger partial charge >= 0.3 is 0 Å². The maximum Gasteiger partial charge on any atom is 0.275 e. The lowest BCUT2D eigenvalue weighted by Gasteiger charge is -2.50. The zero-order valence-corrected chi connectivity index (χ0v) is 13.1. The summed E-state index contributed by atoms with van der Waals surface area (Å²) in [5, 5.41) is 5.49. The standard InChI is InChI=1S/C13H19N5O2S/c1-16-7-8-17(2)13(12(16)20)3-5-18(6-4-13)11(19)10-9-21-15-14-10/h9H,3-8H2,1-2H3. The molecule has 0 saturated carbocycles. The number of carbonyl (C=O) groups is 2. The maximum absolute atomic E-state index is 12.6. The summed E-state index contributed by atoms with van der Waals surface area (Å²) in [4.78, 5) is 30.6. The average Bonchev–Trinajstić information content (AvgIpc) is 3.04. The Balaban J connectivity index is 1.72. The monoisotopic (exact) mass is 309 g/mol. The van der Waals surface area contributed by atoms with E-state index in [-0.39, 0.29) is 11.8 Å². The van der Waals surface area contributed by atoms with Crippen LogP contribution in [0.4, 0.5) is 0 Å². The quantitative estimate of drug-likeness (QED) is 0.725. The first-order chi connectivity index (χ1) is 10.0. The molecule has 0 radical (unpaired) electrons. The molecule has 0 N–H and O–H groups in total. The highest BCUT2D eigenvalue weighted by Crippen LogP contribution is 2.32. The number of nitrogens with zero attached hydrogens (tertiary/aromatic N) is 5. The van der Waals surface area contributed by atoms with Crippen molar-refractivity contribution in [2.24, 2.45) is 0 Å². The molecule has 7 nitrogen and oxygen atoms in total. The Morgan fingerprint density at radius 3 is 2.57 bits per heavy atom. The predicted molar refractivity (Wildman–Crippen MR) is 78.0 cm³/mol. The Hall–Kier alpha value is -1.54. The van der Waals surface area contributed by atoms with Crippen molar-refractivity contribution in [2.75, 3.05) is 40.3 Å². The fourth-order valence-electron chi connectivity index (χ4n) is 3.23. The van der Waals surface area contributed by atoms with Gasteiger partial charge in [0, 0.05) is 38.6 Å². The third-order valence-electron chi connectivity index (χ3n) is 4.70. The van der Waals surface area contributed by atoms with E-state index in [0.29, 0.717) is 31.6 Å². The molecule has 0 unspecified atom stereocenters. The molecule has 2 saturated heterocycles. The molecule has 0 aromatic carbocycles. The zero-order valence-electron chi connectivity index (χ0n) is 12.3. The minimum Gasteiger partial charge on any atom is -0.343 e. The maximum atomic E-state index is 12.6. The number of hydrogen-bond acceptors (Lipinski definition) is 6. The van der Waals surface area contributed by atoms with Gasteiger partial charge in [-0.25, -0.2) is 0 Å². The molecule has 0 aliphatic carbocycles. The molecule has 0 bridgehead atoms. The highest BCUT2D eigenvalue weighted by atomic mass is 32.1. The van der Waals surface area contributed by atoms with Crippen molar-refractivity contribution in [3.63, 3.8) is 0 Å². The molecular weight excluding hydrogens is 290 g/mol. The molecule has 2 aliphatic rings. The summed E-state index contributed by atoms with van der Waals surface area (Å²) in [6, 6.07) is 0. The highest BCUT2D eigenvalue weighted by Gasteiger charge is 2.48. The Labute approximate surface area is 127 Å². The van der Waals surface area contributed by atoms with E-state index in [1.54, 1.807) is 10.3 Å².